The predicted octanol–water partition coefficient (Wildman–Crippen LogP) is 3.38. The lowest BCUT2D eigenvalue weighted by Crippen LogP contribution is -2.54. The van der Waals surface area contributed by atoms with E-state index in [1.54, 1.807) is 18.2 Å². The molecule has 1 N–H and O–H groups in total. The Bertz CT molecular complexity index is 1180. The number of carbonyl (C=O) groups is 2. The first-order chi connectivity index (χ1) is 18.2. The van der Waals surface area contributed by atoms with Gasteiger partial charge in [0.05, 0.1) is 26.2 Å². The van der Waals surface area contributed by atoms with Gasteiger partial charge in [-0.3, -0.25) is 13.9 Å². The molecule has 2 aromatic carbocycles. The molecule has 1 saturated carbocycles. The highest BCUT2D eigenvalue weighted by atomic mass is 32.2. The first-order valence-corrected chi connectivity index (χ1v) is 14.9. The van der Waals surface area contributed by atoms with Gasteiger partial charge in [0.15, 0.2) is 0 Å². The number of methoxy groups -OCH3 is 2. The van der Waals surface area contributed by atoms with Gasteiger partial charge in [-0.2, -0.15) is 0 Å². The van der Waals surface area contributed by atoms with Crippen molar-refractivity contribution in [1.29, 1.82) is 0 Å². The van der Waals surface area contributed by atoms with Crippen molar-refractivity contribution in [2.45, 2.75) is 57.5 Å². The molecule has 38 heavy (non-hydrogen) atoms. The Morgan fingerprint density at radius 3 is 2.32 bits per heavy atom. The highest BCUT2D eigenvalue weighted by molar-refractivity contribution is 7.92. The predicted molar refractivity (Wildman–Crippen MR) is 148 cm³/mol. The van der Waals surface area contributed by atoms with Crippen LogP contribution in [-0.4, -0.2) is 70.8 Å². The molecule has 208 valence electrons. The molecule has 2 aromatic rings. The van der Waals surface area contributed by atoms with Gasteiger partial charge in [0.1, 0.15) is 24.1 Å². The Balaban J connectivity index is 1.91. The van der Waals surface area contributed by atoms with E-state index in [0.29, 0.717) is 18.6 Å². The van der Waals surface area contributed by atoms with E-state index in [2.05, 4.69) is 5.32 Å². The zero-order valence-corrected chi connectivity index (χ0v) is 23.5. The molecule has 0 aliphatic heterocycles. The van der Waals surface area contributed by atoms with E-state index >= 15 is 0 Å². The number of ether oxygens (including phenoxy) is 2. The Hall–Kier alpha value is -3.27. The van der Waals surface area contributed by atoms with Crippen molar-refractivity contribution >= 4 is 27.5 Å². The van der Waals surface area contributed by atoms with Crippen molar-refractivity contribution in [3.63, 3.8) is 0 Å². The van der Waals surface area contributed by atoms with Crippen molar-refractivity contribution in [2.75, 3.05) is 37.9 Å². The summed E-state index contributed by atoms with van der Waals surface area (Å²) in [6.07, 6.45) is 5.99. The lowest BCUT2D eigenvalue weighted by Gasteiger charge is -2.33. The average molecular weight is 546 g/mol. The molecule has 0 radical (unpaired) electrons. The van der Waals surface area contributed by atoms with E-state index in [9.17, 15) is 18.0 Å². The van der Waals surface area contributed by atoms with Crippen molar-refractivity contribution in [3.05, 3.63) is 54.1 Å². The van der Waals surface area contributed by atoms with E-state index in [1.807, 2.05) is 37.3 Å². The first-order valence-electron chi connectivity index (χ1n) is 13.0. The van der Waals surface area contributed by atoms with Crippen LogP contribution in [0.1, 0.15) is 44.6 Å². The minimum Gasteiger partial charge on any atom is -0.497 e. The van der Waals surface area contributed by atoms with Crippen LogP contribution in [-0.2, 0) is 26.0 Å². The molecule has 9 nitrogen and oxygen atoms in total. The molecule has 0 spiro atoms. The van der Waals surface area contributed by atoms with E-state index in [0.717, 1.165) is 41.8 Å². The number of carbonyl (C=O) groups excluding carboxylic acids is 2. The fraction of sp³-hybridized carbons (Fsp3) is 0.500. The maximum Gasteiger partial charge on any atom is 0.244 e. The third-order valence-electron chi connectivity index (χ3n) is 6.91. The summed E-state index contributed by atoms with van der Waals surface area (Å²) in [6.45, 7) is 1.67. The van der Waals surface area contributed by atoms with Crippen molar-refractivity contribution < 1.29 is 27.5 Å². The molecule has 0 saturated heterocycles. The Kier molecular flexibility index (Phi) is 10.4. The molecular formula is C28H39N3O6S. The summed E-state index contributed by atoms with van der Waals surface area (Å²) in [5, 5.41) is 3.11. The number of nitrogens with one attached hydrogen (secondary N) is 1. The maximum absolute atomic E-state index is 13.8. The Labute approximate surface area is 226 Å². The summed E-state index contributed by atoms with van der Waals surface area (Å²) >= 11 is 0. The second kappa shape index (κ2) is 13.5. The number of nitrogens with zero attached hydrogens (tertiary/aromatic N) is 2. The third-order valence-corrected chi connectivity index (χ3v) is 8.03. The van der Waals surface area contributed by atoms with Crippen LogP contribution in [0.3, 0.4) is 0 Å². The van der Waals surface area contributed by atoms with Crippen molar-refractivity contribution in [1.82, 2.24) is 10.2 Å². The summed E-state index contributed by atoms with van der Waals surface area (Å²) in [5.41, 5.74) is 1.24. The number of hydrogen-bond acceptors (Lipinski definition) is 6. The highest BCUT2D eigenvalue weighted by Gasteiger charge is 2.33. The van der Waals surface area contributed by atoms with E-state index < -0.39 is 28.5 Å². The molecule has 1 fully saturated rings. The van der Waals surface area contributed by atoms with E-state index in [1.165, 1.54) is 19.1 Å². The minimum atomic E-state index is -3.87. The van der Waals surface area contributed by atoms with Gasteiger partial charge >= 0.3 is 0 Å². The van der Waals surface area contributed by atoms with Crippen LogP contribution in [0.2, 0.25) is 0 Å². The molecule has 3 rings (SSSR count). The second-order valence-corrected chi connectivity index (χ2v) is 11.5. The third kappa shape index (κ3) is 7.63. The molecular weight excluding hydrogens is 506 g/mol. The summed E-state index contributed by atoms with van der Waals surface area (Å²) in [6, 6.07) is 13.8. The SMILES string of the molecule is CC[C@H](C(=O)NC1CCCC1)N(CCc1ccccc1)C(=O)CN(c1ccc(OC)cc1OC)S(C)(=O)=O. The normalized spacial score (nSPS) is 14.5. The van der Waals surface area contributed by atoms with Crippen molar-refractivity contribution in [2.24, 2.45) is 0 Å². The summed E-state index contributed by atoms with van der Waals surface area (Å²) in [4.78, 5) is 28.7. The van der Waals surface area contributed by atoms with Crippen molar-refractivity contribution in [3.8, 4) is 11.5 Å². The van der Waals surface area contributed by atoms with Crippen LogP contribution in [0.15, 0.2) is 48.5 Å². The van der Waals surface area contributed by atoms with Crippen LogP contribution in [0.25, 0.3) is 0 Å². The number of benzene rings is 2. The fourth-order valence-electron chi connectivity index (χ4n) is 4.85. The number of anilines is 1. The number of hydrogen-bond donors (Lipinski definition) is 1. The van der Waals surface area contributed by atoms with Crippen LogP contribution in [0.5, 0.6) is 11.5 Å². The maximum atomic E-state index is 13.8. The van der Waals surface area contributed by atoms with Gasteiger partial charge in [-0.25, -0.2) is 8.42 Å². The van der Waals surface area contributed by atoms with Gasteiger partial charge in [0.25, 0.3) is 0 Å². The highest BCUT2D eigenvalue weighted by Crippen LogP contribution is 2.33. The van der Waals surface area contributed by atoms with Gasteiger partial charge in [-0.15, -0.1) is 0 Å². The molecule has 1 aliphatic carbocycles. The Morgan fingerprint density at radius 2 is 1.74 bits per heavy atom. The van der Waals surface area contributed by atoms with Crippen LogP contribution < -0.4 is 19.1 Å². The van der Waals surface area contributed by atoms with Crippen LogP contribution >= 0.6 is 0 Å². The summed E-state index contributed by atoms with van der Waals surface area (Å²) < 4.78 is 37.4. The standard InChI is InChI=1S/C28H39N3O6S/c1-5-24(28(33)29-22-13-9-10-14-22)30(18-17-21-11-7-6-8-12-21)27(32)20-31(38(4,34)35)25-16-15-23(36-2)19-26(25)37-3/h6-8,11-12,15-16,19,22,24H,5,9-10,13-14,17-18,20H2,1-4H3,(H,29,33)/t24-/m1/s1. The topological polar surface area (TPSA) is 105 Å². The zero-order chi connectivity index (χ0) is 27.7. The van der Waals surface area contributed by atoms with E-state index in [4.69, 9.17) is 9.47 Å². The molecule has 1 atom stereocenters. The monoisotopic (exact) mass is 545 g/mol. The molecule has 10 heteroatoms. The molecule has 0 unspecified atom stereocenters. The zero-order valence-electron chi connectivity index (χ0n) is 22.7. The second-order valence-electron chi connectivity index (χ2n) is 9.54. The Morgan fingerprint density at radius 1 is 1.05 bits per heavy atom. The molecule has 0 bridgehead atoms. The lowest BCUT2D eigenvalue weighted by molar-refractivity contribution is -0.139. The van der Waals surface area contributed by atoms with Gasteiger partial charge in [0.2, 0.25) is 21.8 Å². The molecule has 2 amide bonds. The van der Waals surface area contributed by atoms with Gasteiger partial charge in [-0.05, 0) is 43.4 Å². The average Bonchev–Trinajstić information content (AvgIpc) is 3.42. The number of amides is 2. The van der Waals surface area contributed by atoms with Gasteiger partial charge in [0, 0.05) is 18.7 Å². The van der Waals surface area contributed by atoms with Crippen LogP contribution in [0.4, 0.5) is 5.69 Å². The lowest BCUT2D eigenvalue weighted by atomic mass is 10.1. The summed E-state index contributed by atoms with van der Waals surface area (Å²) in [7, 11) is -0.950. The molecule has 0 aromatic heterocycles. The smallest absolute Gasteiger partial charge is 0.244 e. The van der Waals surface area contributed by atoms with Gasteiger partial charge in [-0.1, -0.05) is 50.1 Å². The largest absolute Gasteiger partial charge is 0.497 e. The van der Waals surface area contributed by atoms with Gasteiger partial charge < -0.3 is 19.7 Å². The number of sulfonamides is 1. The quantitative estimate of drug-likeness (QED) is 0.414. The summed E-state index contributed by atoms with van der Waals surface area (Å²) in [5.74, 6) is 0.0836. The molecule has 0 heterocycles. The fourth-order valence-corrected chi connectivity index (χ4v) is 5.70. The minimum absolute atomic E-state index is 0.110. The molecule has 1 aliphatic rings. The number of rotatable bonds is 13. The van der Waals surface area contributed by atoms with Crippen LogP contribution in [0, 0.1) is 0 Å². The van der Waals surface area contributed by atoms with E-state index in [-0.39, 0.29) is 29.9 Å². The first kappa shape index (κ1) is 29.3.